The number of aromatic amines is 1. The summed E-state index contributed by atoms with van der Waals surface area (Å²) in [5.74, 6) is 1.91. The van der Waals surface area contributed by atoms with Gasteiger partial charge in [0.15, 0.2) is 6.61 Å². The number of ether oxygens (including phenoxy) is 2. The number of hydrogen-bond acceptors (Lipinski definition) is 5. The van der Waals surface area contributed by atoms with Gasteiger partial charge < -0.3 is 14.5 Å². The number of rotatable bonds is 5. The molecule has 110 valence electrons. The maximum absolute atomic E-state index is 8.74. The van der Waals surface area contributed by atoms with Gasteiger partial charge >= 0.3 is 0 Å². The Kier molecular flexibility index (Phi) is 3.88. The van der Waals surface area contributed by atoms with Gasteiger partial charge in [0.1, 0.15) is 23.4 Å². The van der Waals surface area contributed by atoms with Gasteiger partial charge in [0.05, 0.1) is 29.4 Å². The molecule has 6 heteroatoms. The lowest BCUT2D eigenvalue weighted by Crippen LogP contribution is -1.98. The number of nitriles is 1. The third-order valence-electron chi connectivity index (χ3n) is 3.09. The number of imidazole rings is 1. The minimum atomic E-state index is -0.0373. The van der Waals surface area contributed by atoms with Crippen molar-refractivity contribution < 1.29 is 9.47 Å². The topological polar surface area (TPSA) is 83.8 Å². The lowest BCUT2D eigenvalue weighted by Gasteiger charge is -2.10. The van der Waals surface area contributed by atoms with Gasteiger partial charge in [-0.25, -0.2) is 4.98 Å². The van der Waals surface area contributed by atoms with Crippen molar-refractivity contribution in [2.45, 2.75) is 6.92 Å². The Morgan fingerprint density at radius 1 is 1.27 bits per heavy atom. The third-order valence-corrected chi connectivity index (χ3v) is 3.09. The lowest BCUT2D eigenvalue weighted by atomic mass is 10.2. The average Bonchev–Trinajstić information content (AvgIpc) is 2.97. The van der Waals surface area contributed by atoms with Crippen molar-refractivity contribution in [2.75, 3.05) is 13.2 Å². The summed E-state index contributed by atoms with van der Waals surface area (Å²) in [4.78, 5) is 11.8. The molecule has 0 aliphatic rings. The average molecular weight is 294 g/mol. The van der Waals surface area contributed by atoms with Crippen LogP contribution in [0.25, 0.3) is 22.4 Å². The quantitative estimate of drug-likeness (QED) is 0.782. The number of fused-ring (bicyclic) bond motifs is 1. The van der Waals surface area contributed by atoms with E-state index in [1.165, 1.54) is 0 Å². The zero-order valence-corrected chi connectivity index (χ0v) is 12.0. The summed E-state index contributed by atoms with van der Waals surface area (Å²) >= 11 is 0. The molecule has 22 heavy (non-hydrogen) atoms. The zero-order valence-electron chi connectivity index (χ0n) is 12.0. The predicted octanol–water partition coefficient (Wildman–Crippen LogP) is 2.93. The molecule has 0 saturated heterocycles. The van der Waals surface area contributed by atoms with Gasteiger partial charge in [0.25, 0.3) is 0 Å². The van der Waals surface area contributed by atoms with Crippen LogP contribution in [0.4, 0.5) is 0 Å². The van der Waals surface area contributed by atoms with Gasteiger partial charge in [-0.15, -0.1) is 0 Å². The molecule has 0 fully saturated rings. The van der Waals surface area contributed by atoms with Gasteiger partial charge in [-0.05, 0) is 25.1 Å². The molecule has 0 spiro atoms. The van der Waals surface area contributed by atoms with Crippen molar-refractivity contribution in [3.63, 3.8) is 0 Å². The molecular weight excluding hydrogens is 280 g/mol. The smallest absolute Gasteiger partial charge is 0.174 e. The van der Waals surface area contributed by atoms with Crippen molar-refractivity contribution in [3.8, 4) is 29.0 Å². The second-order valence-corrected chi connectivity index (χ2v) is 4.52. The molecule has 0 saturated carbocycles. The van der Waals surface area contributed by atoms with Gasteiger partial charge in [-0.3, -0.25) is 4.98 Å². The molecule has 0 bridgehead atoms. The minimum Gasteiger partial charge on any atom is -0.494 e. The first kappa shape index (κ1) is 13.9. The highest BCUT2D eigenvalue weighted by Gasteiger charge is 2.12. The van der Waals surface area contributed by atoms with E-state index in [1.807, 2.05) is 31.2 Å². The van der Waals surface area contributed by atoms with Crippen LogP contribution in [-0.2, 0) is 0 Å². The summed E-state index contributed by atoms with van der Waals surface area (Å²) in [5.41, 5.74) is 2.44. The van der Waals surface area contributed by atoms with E-state index in [-0.39, 0.29) is 6.61 Å². The Morgan fingerprint density at radius 2 is 2.18 bits per heavy atom. The largest absolute Gasteiger partial charge is 0.494 e. The fourth-order valence-corrected chi connectivity index (χ4v) is 2.17. The molecular formula is C16H14N4O2. The second-order valence-electron chi connectivity index (χ2n) is 4.52. The highest BCUT2D eigenvalue weighted by Crippen LogP contribution is 2.33. The molecule has 0 atom stereocenters. The van der Waals surface area contributed by atoms with Crippen LogP contribution in [-0.4, -0.2) is 28.2 Å². The van der Waals surface area contributed by atoms with Crippen molar-refractivity contribution in [3.05, 3.63) is 36.7 Å². The van der Waals surface area contributed by atoms with Crippen LogP contribution in [0, 0.1) is 11.3 Å². The Balaban J connectivity index is 2.05. The van der Waals surface area contributed by atoms with Crippen LogP contribution in [0.15, 0.2) is 36.7 Å². The van der Waals surface area contributed by atoms with Crippen molar-refractivity contribution in [1.29, 1.82) is 5.26 Å². The number of nitrogens with zero attached hydrogens (tertiary/aromatic N) is 3. The summed E-state index contributed by atoms with van der Waals surface area (Å²) in [5, 5.41) is 8.74. The van der Waals surface area contributed by atoms with Crippen LogP contribution >= 0.6 is 0 Å². The number of hydrogen-bond donors (Lipinski definition) is 1. The normalized spacial score (nSPS) is 10.4. The van der Waals surface area contributed by atoms with Crippen molar-refractivity contribution in [1.82, 2.24) is 15.0 Å². The minimum absolute atomic E-state index is 0.0373. The Bertz CT molecular complexity index is 803. The summed E-state index contributed by atoms with van der Waals surface area (Å²) in [7, 11) is 0. The molecule has 3 rings (SSSR count). The van der Waals surface area contributed by atoms with E-state index in [1.54, 1.807) is 18.5 Å². The standard InChI is InChI=1S/C16H14N4O2/c1-2-21-11-3-4-12(15(9-11)22-8-6-17)16-19-13-5-7-18-10-14(13)20-16/h3-5,7,9-10H,2,8H2,1H3,(H,19,20). The molecule has 0 aliphatic heterocycles. The molecule has 0 aliphatic carbocycles. The number of pyridine rings is 1. The van der Waals surface area contributed by atoms with Crippen molar-refractivity contribution >= 4 is 11.0 Å². The fraction of sp³-hybridized carbons (Fsp3) is 0.188. The van der Waals surface area contributed by atoms with E-state index < -0.39 is 0 Å². The Labute approximate surface area is 127 Å². The van der Waals surface area contributed by atoms with Crippen LogP contribution in [0.2, 0.25) is 0 Å². The number of H-pyrrole nitrogens is 1. The zero-order chi connectivity index (χ0) is 15.4. The van der Waals surface area contributed by atoms with E-state index in [0.717, 1.165) is 16.6 Å². The molecule has 6 nitrogen and oxygen atoms in total. The molecule has 2 aromatic heterocycles. The van der Waals surface area contributed by atoms with Crippen LogP contribution < -0.4 is 9.47 Å². The Hall–Kier alpha value is -3.07. The number of benzene rings is 1. The molecule has 3 aromatic rings. The van der Waals surface area contributed by atoms with Gasteiger partial charge in [0.2, 0.25) is 0 Å². The first-order chi connectivity index (χ1) is 10.8. The van der Waals surface area contributed by atoms with Crippen LogP contribution in [0.3, 0.4) is 0 Å². The molecule has 1 aromatic carbocycles. The maximum Gasteiger partial charge on any atom is 0.174 e. The van der Waals surface area contributed by atoms with Gasteiger partial charge in [-0.1, -0.05) is 0 Å². The van der Waals surface area contributed by atoms with E-state index in [4.69, 9.17) is 14.7 Å². The SMILES string of the molecule is CCOc1ccc(-c2nc3ccncc3[nH]2)c(OCC#N)c1. The first-order valence-corrected chi connectivity index (χ1v) is 6.88. The van der Waals surface area contributed by atoms with Gasteiger partial charge in [0, 0.05) is 12.3 Å². The molecule has 2 heterocycles. The van der Waals surface area contributed by atoms with Crippen LogP contribution in [0.5, 0.6) is 11.5 Å². The molecule has 0 unspecified atom stereocenters. The van der Waals surface area contributed by atoms with E-state index in [9.17, 15) is 0 Å². The monoisotopic (exact) mass is 294 g/mol. The highest BCUT2D eigenvalue weighted by molar-refractivity contribution is 5.80. The fourth-order valence-electron chi connectivity index (χ4n) is 2.17. The second kappa shape index (κ2) is 6.14. The summed E-state index contributed by atoms with van der Waals surface area (Å²) in [6.07, 6.45) is 3.41. The third kappa shape index (κ3) is 2.69. The summed E-state index contributed by atoms with van der Waals surface area (Å²) in [6.45, 7) is 2.44. The van der Waals surface area contributed by atoms with E-state index in [2.05, 4.69) is 15.0 Å². The predicted molar refractivity (Wildman–Crippen MR) is 81.6 cm³/mol. The van der Waals surface area contributed by atoms with Gasteiger partial charge in [-0.2, -0.15) is 5.26 Å². The lowest BCUT2D eigenvalue weighted by molar-refractivity contribution is 0.332. The van der Waals surface area contributed by atoms with E-state index >= 15 is 0 Å². The van der Waals surface area contributed by atoms with E-state index in [0.29, 0.717) is 23.9 Å². The number of nitrogens with one attached hydrogen (secondary N) is 1. The highest BCUT2D eigenvalue weighted by atomic mass is 16.5. The Morgan fingerprint density at radius 3 is 2.95 bits per heavy atom. The summed E-state index contributed by atoms with van der Waals surface area (Å²) < 4.78 is 11.0. The van der Waals surface area contributed by atoms with Crippen LogP contribution in [0.1, 0.15) is 6.92 Å². The molecule has 1 N–H and O–H groups in total. The number of aromatic nitrogens is 3. The maximum atomic E-state index is 8.74. The summed E-state index contributed by atoms with van der Waals surface area (Å²) in [6, 6.07) is 9.28. The molecule has 0 amide bonds. The molecule has 0 radical (unpaired) electrons. The van der Waals surface area contributed by atoms with Crippen molar-refractivity contribution in [2.24, 2.45) is 0 Å². The first-order valence-electron chi connectivity index (χ1n) is 6.88.